The zero-order valence-electron chi connectivity index (χ0n) is 14.9. The molecule has 1 aromatic heterocycles. The maximum atomic E-state index is 13.0. The number of amides is 1. The molecule has 5 nitrogen and oxygen atoms in total. The van der Waals surface area contributed by atoms with Gasteiger partial charge < -0.3 is 10.2 Å². The molecule has 7 heteroatoms. The predicted octanol–water partition coefficient (Wildman–Crippen LogP) is 4.27. The largest absolute Gasteiger partial charge is 0.362 e. The number of benzene rings is 2. The van der Waals surface area contributed by atoms with Gasteiger partial charge in [-0.15, -0.1) is 10.2 Å². The first-order valence-corrected chi connectivity index (χ1v) is 9.65. The summed E-state index contributed by atoms with van der Waals surface area (Å²) in [7, 11) is 0. The zero-order valence-corrected chi connectivity index (χ0v) is 15.7. The molecule has 0 bridgehead atoms. The lowest BCUT2D eigenvalue weighted by molar-refractivity contribution is 0.102. The molecule has 2 aromatic carbocycles. The predicted molar refractivity (Wildman–Crippen MR) is 105 cm³/mol. The summed E-state index contributed by atoms with van der Waals surface area (Å²) in [6.07, 6.45) is 2.17. The van der Waals surface area contributed by atoms with Gasteiger partial charge in [-0.3, -0.25) is 4.79 Å². The first kappa shape index (κ1) is 17.6. The fourth-order valence-electron chi connectivity index (χ4n) is 3.27. The molecule has 2 heterocycles. The molecule has 1 unspecified atom stereocenters. The first-order chi connectivity index (χ1) is 13.1. The lowest BCUT2D eigenvalue weighted by Crippen LogP contribution is -2.36. The number of rotatable bonds is 4. The van der Waals surface area contributed by atoms with E-state index in [1.165, 1.54) is 46.9 Å². The van der Waals surface area contributed by atoms with Crippen molar-refractivity contribution in [2.75, 3.05) is 10.2 Å². The van der Waals surface area contributed by atoms with Gasteiger partial charge in [-0.25, -0.2) is 4.39 Å². The van der Waals surface area contributed by atoms with Crippen LogP contribution in [0.25, 0.3) is 0 Å². The van der Waals surface area contributed by atoms with Crippen LogP contribution in [0.2, 0.25) is 0 Å². The molecule has 0 saturated carbocycles. The van der Waals surface area contributed by atoms with E-state index in [0.29, 0.717) is 23.3 Å². The molecule has 0 saturated heterocycles. The van der Waals surface area contributed by atoms with Crippen LogP contribution in [0.1, 0.15) is 33.7 Å². The summed E-state index contributed by atoms with van der Waals surface area (Å²) in [4.78, 5) is 14.7. The number of aromatic nitrogens is 2. The standard InChI is InChI=1S/C20H19FN4OS/c1-13-6-7-14-4-2-3-5-17(14)25(13)12-18-23-24-20(27-18)19(26)22-16-10-8-15(21)9-11-16/h2-5,8-11,13H,6-7,12H2,1H3,(H,22,26). The lowest BCUT2D eigenvalue weighted by atomic mass is 9.97. The third kappa shape index (κ3) is 3.83. The molecule has 0 radical (unpaired) electrons. The zero-order chi connectivity index (χ0) is 18.8. The number of carbonyl (C=O) groups is 1. The summed E-state index contributed by atoms with van der Waals surface area (Å²) in [5.74, 6) is -0.681. The monoisotopic (exact) mass is 382 g/mol. The van der Waals surface area contributed by atoms with Crippen LogP contribution >= 0.6 is 11.3 Å². The Labute approximate surface area is 160 Å². The number of carbonyl (C=O) groups excluding carboxylic acids is 1. The van der Waals surface area contributed by atoms with E-state index in [0.717, 1.165) is 17.8 Å². The Morgan fingerprint density at radius 1 is 1.22 bits per heavy atom. The number of fused-ring (bicyclic) bond motifs is 1. The SMILES string of the molecule is CC1CCc2ccccc2N1Cc1nnc(C(=O)Nc2ccc(F)cc2)s1. The average Bonchev–Trinajstić information content (AvgIpc) is 3.15. The Bertz CT molecular complexity index is 957. The second-order valence-electron chi connectivity index (χ2n) is 6.61. The van der Waals surface area contributed by atoms with Gasteiger partial charge in [0.2, 0.25) is 5.01 Å². The normalized spacial score (nSPS) is 16.1. The van der Waals surface area contributed by atoms with Crippen molar-refractivity contribution in [3.05, 3.63) is 69.9 Å². The molecule has 0 aliphatic carbocycles. The smallest absolute Gasteiger partial charge is 0.286 e. The Morgan fingerprint density at radius 2 is 2.00 bits per heavy atom. The van der Waals surface area contributed by atoms with Gasteiger partial charge in [-0.05, 0) is 55.7 Å². The summed E-state index contributed by atoms with van der Waals surface area (Å²) in [6, 6.07) is 14.4. The van der Waals surface area contributed by atoms with Gasteiger partial charge >= 0.3 is 0 Å². The second kappa shape index (κ2) is 7.44. The number of hydrogen-bond donors (Lipinski definition) is 1. The van der Waals surface area contributed by atoms with Gasteiger partial charge in [0.15, 0.2) is 0 Å². The summed E-state index contributed by atoms with van der Waals surface area (Å²) in [6.45, 7) is 2.83. The van der Waals surface area contributed by atoms with E-state index < -0.39 is 0 Å². The molecule has 0 fully saturated rings. The molecular formula is C20H19FN4OS. The highest BCUT2D eigenvalue weighted by atomic mass is 32.1. The van der Waals surface area contributed by atoms with Crippen LogP contribution in [0, 0.1) is 5.82 Å². The highest BCUT2D eigenvalue weighted by Gasteiger charge is 2.24. The van der Waals surface area contributed by atoms with Crippen LogP contribution in [0.4, 0.5) is 15.8 Å². The number of anilines is 2. The van der Waals surface area contributed by atoms with E-state index >= 15 is 0 Å². The summed E-state index contributed by atoms with van der Waals surface area (Å²) in [5.41, 5.74) is 3.09. The third-order valence-corrected chi connectivity index (χ3v) is 5.64. The fraction of sp³-hybridized carbons (Fsp3) is 0.250. The van der Waals surface area contributed by atoms with Crippen LogP contribution in [0.15, 0.2) is 48.5 Å². The Balaban J connectivity index is 1.48. The van der Waals surface area contributed by atoms with Crippen molar-refractivity contribution < 1.29 is 9.18 Å². The average molecular weight is 382 g/mol. The fourth-order valence-corrected chi connectivity index (χ4v) is 4.01. The van der Waals surface area contributed by atoms with Crippen molar-refractivity contribution in [2.45, 2.75) is 32.4 Å². The molecule has 0 spiro atoms. The Hall–Kier alpha value is -2.80. The van der Waals surface area contributed by atoms with Gasteiger partial charge in [0, 0.05) is 17.4 Å². The lowest BCUT2D eigenvalue weighted by Gasteiger charge is -2.36. The van der Waals surface area contributed by atoms with E-state index in [2.05, 4.69) is 45.5 Å². The highest BCUT2D eigenvalue weighted by Crippen LogP contribution is 2.32. The minimum Gasteiger partial charge on any atom is -0.362 e. The maximum Gasteiger partial charge on any atom is 0.286 e. The van der Waals surface area contributed by atoms with Crippen LogP contribution in [0.5, 0.6) is 0 Å². The molecule has 27 heavy (non-hydrogen) atoms. The van der Waals surface area contributed by atoms with Crippen molar-refractivity contribution in [1.29, 1.82) is 0 Å². The van der Waals surface area contributed by atoms with Gasteiger partial charge in [0.25, 0.3) is 5.91 Å². The Kier molecular flexibility index (Phi) is 4.85. The van der Waals surface area contributed by atoms with Crippen molar-refractivity contribution >= 4 is 28.6 Å². The van der Waals surface area contributed by atoms with Gasteiger partial charge in [0.05, 0.1) is 6.54 Å². The van der Waals surface area contributed by atoms with Crippen molar-refractivity contribution in [1.82, 2.24) is 10.2 Å². The quantitative estimate of drug-likeness (QED) is 0.732. The maximum absolute atomic E-state index is 13.0. The van der Waals surface area contributed by atoms with E-state index in [4.69, 9.17) is 0 Å². The Morgan fingerprint density at radius 3 is 2.81 bits per heavy atom. The van der Waals surface area contributed by atoms with Crippen LogP contribution in [0.3, 0.4) is 0 Å². The van der Waals surface area contributed by atoms with Crippen molar-refractivity contribution in [2.24, 2.45) is 0 Å². The molecule has 1 aliphatic rings. The summed E-state index contributed by atoms with van der Waals surface area (Å²) in [5, 5.41) is 12.0. The van der Waals surface area contributed by atoms with Crippen molar-refractivity contribution in [3.63, 3.8) is 0 Å². The second-order valence-corrected chi connectivity index (χ2v) is 7.67. The van der Waals surface area contributed by atoms with Gasteiger partial charge in [0.1, 0.15) is 10.8 Å². The van der Waals surface area contributed by atoms with Crippen LogP contribution in [-0.2, 0) is 13.0 Å². The molecule has 4 rings (SSSR count). The molecule has 3 aromatic rings. The molecule has 138 valence electrons. The highest BCUT2D eigenvalue weighted by molar-refractivity contribution is 7.13. The van der Waals surface area contributed by atoms with E-state index in [1.807, 2.05) is 6.07 Å². The van der Waals surface area contributed by atoms with E-state index in [-0.39, 0.29) is 11.7 Å². The minimum atomic E-state index is -0.345. The van der Waals surface area contributed by atoms with Crippen LogP contribution in [-0.4, -0.2) is 22.1 Å². The molecule has 1 amide bonds. The number of nitrogens with one attached hydrogen (secondary N) is 1. The molecular weight excluding hydrogens is 363 g/mol. The first-order valence-electron chi connectivity index (χ1n) is 8.84. The number of halogens is 1. The molecule has 1 N–H and O–H groups in total. The third-order valence-electron chi connectivity index (χ3n) is 4.73. The number of aryl methyl sites for hydroxylation is 1. The topological polar surface area (TPSA) is 58.1 Å². The van der Waals surface area contributed by atoms with E-state index in [9.17, 15) is 9.18 Å². The molecule has 1 aliphatic heterocycles. The van der Waals surface area contributed by atoms with E-state index in [1.54, 1.807) is 0 Å². The van der Waals surface area contributed by atoms with Crippen molar-refractivity contribution in [3.8, 4) is 0 Å². The number of nitrogens with zero attached hydrogens (tertiary/aromatic N) is 3. The van der Waals surface area contributed by atoms with Gasteiger partial charge in [-0.2, -0.15) is 0 Å². The molecule has 1 atom stereocenters. The number of para-hydroxylation sites is 1. The minimum absolute atomic E-state index is 0.298. The number of hydrogen-bond acceptors (Lipinski definition) is 5. The summed E-state index contributed by atoms with van der Waals surface area (Å²) >= 11 is 1.28. The van der Waals surface area contributed by atoms with Crippen LogP contribution < -0.4 is 10.2 Å². The van der Waals surface area contributed by atoms with Gasteiger partial charge in [-0.1, -0.05) is 29.5 Å². The summed E-state index contributed by atoms with van der Waals surface area (Å²) < 4.78 is 13.0.